The molecule has 0 radical (unpaired) electrons. The van der Waals surface area contributed by atoms with Gasteiger partial charge in [0, 0.05) is 29.6 Å². The Labute approximate surface area is 170 Å². The van der Waals surface area contributed by atoms with Crippen LogP contribution in [0.2, 0.25) is 5.02 Å². The van der Waals surface area contributed by atoms with Crippen molar-refractivity contribution in [2.24, 2.45) is 5.73 Å². The minimum absolute atomic E-state index is 0.0696. The summed E-state index contributed by atoms with van der Waals surface area (Å²) in [7, 11) is 0. The van der Waals surface area contributed by atoms with Gasteiger partial charge in [0.15, 0.2) is 4.99 Å². The molecule has 1 aromatic heterocycles. The van der Waals surface area contributed by atoms with Gasteiger partial charge in [0.25, 0.3) is 11.8 Å². The number of nitrogens with two attached hydrogens (primary N) is 1. The van der Waals surface area contributed by atoms with Crippen molar-refractivity contribution < 1.29 is 14.0 Å². The third kappa shape index (κ3) is 4.55. The van der Waals surface area contributed by atoms with Crippen LogP contribution in [0.4, 0.5) is 4.39 Å². The van der Waals surface area contributed by atoms with Gasteiger partial charge < -0.3 is 16.4 Å². The van der Waals surface area contributed by atoms with Gasteiger partial charge in [-0.25, -0.2) is 9.07 Å². The van der Waals surface area contributed by atoms with Gasteiger partial charge in [-0.05, 0) is 31.9 Å². The first-order valence-electron chi connectivity index (χ1n) is 8.38. The average Bonchev–Trinajstić information content (AvgIpc) is 3.31. The average molecular weight is 422 g/mol. The molecule has 3 rings (SSSR count). The van der Waals surface area contributed by atoms with E-state index in [0.717, 1.165) is 18.9 Å². The minimum atomic E-state index is -0.740. The molecule has 1 heterocycles. The Morgan fingerprint density at radius 2 is 2.14 bits per heavy atom. The number of hydrogen-bond donors (Lipinski definition) is 3. The molecule has 1 fully saturated rings. The van der Waals surface area contributed by atoms with Crippen LogP contribution < -0.4 is 16.4 Å². The van der Waals surface area contributed by atoms with Gasteiger partial charge in [-0.3, -0.25) is 9.59 Å². The monoisotopic (exact) mass is 421 g/mol. The van der Waals surface area contributed by atoms with Gasteiger partial charge in [0.2, 0.25) is 0 Å². The molecule has 4 N–H and O–H groups in total. The van der Waals surface area contributed by atoms with Crippen molar-refractivity contribution in [2.75, 3.05) is 0 Å². The van der Waals surface area contributed by atoms with Gasteiger partial charge in [-0.2, -0.15) is 5.10 Å². The van der Waals surface area contributed by atoms with Gasteiger partial charge >= 0.3 is 0 Å². The van der Waals surface area contributed by atoms with Crippen LogP contribution in [0.25, 0.3) is 16.8 Å². The van der Waals surface area contributed by atoms with Gasteiger partial charge in [0.05, 0.1) is 22.5 Å². The van der Waals surface area contributed by atoms with Crippen LogP contribution in [0.15, 0.2) is 30.7 Å². The second-order valence-electron chi connectivity index (χ2n) is 6.36. The fourth-order valence-electron chi connectivity index (χ4n) is 2.40. The predicted molar refractivity (Wildman–Crippen MR) is 108 cm³/mol. The normalized spacial score (nSPS) is 13.9. The second kappa shape index (κ2) is 8.07. The standard InChI is InChI=1S/C18H17ClFN5O2S/c1-9(6-22-18(28)16(21)26)25-8-10(7-23-25)12-4-13(15(20)5-14(12)19)17(27)24-11-2-3-11/h4-8,11H,2-3H2,1H3,(H2,21,26)(H,22,28)(H,24,27)/b9-6+. The van der Waals surface area contributed by atoms with E-state index in [1.165, 1.54) is 23.1 Å². The van der Waals surface area contributed by atoms with Crippen molar-refractivity contribution in [3.63, 3.8) is 0 Å². The molecule has 0 saturated heterocycles. The highest BCUT2D eigenvalue weighted by atomic mass is 35.5. The quantitative estimate of drug-likeness (QED) is 0.643. The zero-order valence-corrected chi connectivity index (χ0v) is 16.4. The molecular weight excluding hydrogens is 405 g/mol. The molecule has 0 spiro atoms. The van der Waals surface area contributed by atoms with Gasteiger partial charge in [-0.1, -0.05) is 23.8 Å². The summed E-state index contributed by atoms with van der Waals surface area (Å²) >= 11 is 11.0. The number of halogens is 2. The minimum Gasteiger partial charge on any atom is -0.364 e. The maximum atomic E-state index is 14.2. The maximum absolute atomic E-state index is 14.2. The number of nitrogens with zero attached hydrogens (tertiary/aromatic N) is 2. The number of carbonyl (C=O) groups excluding carboxylic acids is 2. The number of amides is 2. The zero-order chi connectivity index (χ0) is 20.4. The van der Waals surface area contributed by atoms with Crippen molar-refractivity contribution in [3.05, 3.63) is 47.1 Å². The van der Waals surface area contributed by atoms with Crippen molar-refractivity contribution in [3.8, 4) is 11.1 Å². The van der Waals surface area contributed by atoms with Crippen LogP contribution in [0, 0.1) is 5.82 Å². The van der Waals surface area contributed by atoms with Gasteiger partial charge in [0.1, 0.15) is 5.82 Å². The molecule has 0 atom stereocenters. The summed E-state index contributed by atoms with van der Waals surface area (Å²) in [6.07, 6.45) is 6.47. The lowest BCUT2D eigenvalue weighted by atomic mass is 10.0. The molecular formula is C18H17ClFN5O2S. The van der Waals surface area contributed by atoms with Crippen LogP contribution in [0.3, 0.4) is 0 Å². The van der Waals surface area contributed by atoms with E-state index >= 15 is 0 Å². The Bertz CT molecular complexity index is 1000. The lowest BCUT2D eigenvalue weighted by molar-refractivity contribution is -0.111. The molecule has 2 aromatic rings. The molecule has 1 aromatic carbocycles. The van der Waals surface area contributed by atoms with E-state index < -0.39 is 17.6 Å². The highest BCUT2D eigenvalue weighted by molar-refractivity contribution is 7.82. The van der Waals surface area contributed by atoms with Crippen LogP contribution in [0.1, 0.15) is 30.1 Å². The van der Waals surface area contributed by atoms with Crippen LogP contribution in [-0.2, 0) is 4.79 Å². The summed E-state index contributed by atoms with van der Waals surface area (Å²) in [6.45, 7) is 1.73. The van der Waals surface area contributed by atoms with Crippen molar-refractivity contribution in [1.29, 1.82) is 0 Å². The number of allylic oxidation sites excluding steroid dienone is 1. The number of aromatic nitrogens is 2. The predicted octanol–water partition coefficient (Wildman–Crippen LogP) is 2.46. The summed E-state index contributed by atoms with van der Waals surface area (Å²) in [4.78, 5) is 23.1. The molecule has 10 heteroatoms. The Hall–Kier alpha value is -2.78. The molecule has 1 aliphatic carbocycles. The van der Waals surface area contributed by atoms with E-state index in [0.29, 0.717) is 16.8 Å². The molecule has 146 valence electrons. The smallest absolute Gasteiger partial charge is 0.276 e. The summed E-state index contributed by atoms with van der Waals surface area (Å²) in [5.74, 6) is -1.89. The summed E-state index contributed by atoms with van der Waals surface area (Å²) in [6, 6.07) is 2.64. The number of hydrogen-bond acceptors (Lipinski definition) is 4. The third-order valence-electron chi connectivity index (χ3n) is 4.10. The van der Waals surface area contributed by atoms with Crippen molar-refractivity contribution >= 4 is 46.3 Å². The maximum Gasteiger partial charge on any atom is 0.276 e. The van der Waals surface area contributed by atoms with Crippen LogP contribution >= 0.6 is 23.8 Å². The lowest BCUT2D eigenvalue weighted by Crippen LogP contribution is -2.31. The fraction of sp³-hybridized carbons (Fsp3) is 0.222. The highest BCUT2D eigenvalue weighted by Crippen LogP contribution is 2.31. The second-order valence-corrected chi connectivity index (χ2v) is 7.17. The molecule has 0 aliphatic heterocycles. The molecule has 28 heavy (non-hydrogen) atoms. The van der Waals surface area contributed by atoms with E-state index in [1.807, 2.05) is 0 Å². The SMILES string of the molecule is C/C(=C\NC(=S)C(N)=O)n1cc(-c2cc(C(=O)NC3CC3)c(F)cc2Cl)cn1. The summed E-state index contributed by atoms with van der Waals surface area (Å²) < 4.78 is 15.7. The first-order chi connectivity index (χ1) is 13.3. The zero-order valence-electron chi connectivity index (χ0n) is 14.8. The molecule has 1 aliphatic rings. The van der Waals surface area contributed by atoms with Crippen LogP contribution in [0.5, 0.6) is 0 Å². The van der Waals surface area contributed by atoms with E-state index in [1.54, 1.807) is 13.1 Å². The molecule has 0 unspecified atom stereocenters. The molecule has 7 nitrogen and oxygen atoms in total. The van der Waals surface area contributed by atoms with E-state index in [2.05, 4.69) is 15.7 Å². The topological polar surface area (TPSA) is 102 Å². The Balaban J connectivity index is 1.85. The molecule has 1 saturated carbocycles. The Kier molecular flexibility index (Phi) is 5.76. The Morgan fingerprint density at radius 3 is 2.79 bits per heavy atom. The summed E-state index contributed by atoms with van der Waals surface area (Å²) in [5, 5.41) is 9.73. The van der Waals surface area contributed by atoms with E-state index in [9.17, 15) is 14.0 Å². The first-order valence-corrected chi connectivity index (χ1v) is 9.17. The number of benzene rings is 1. The number of rotatable bonds is 5. The van der Waals surface area contributed by atoms with E-state index in [4.69, 9.17) is 29.6 Å². The fourth-order valence-corrected chi connectivity index (χ4v) is 2.72. The number of thiocarbonyl (C=S) groups is 1. The van der Waals surface area contributed by atoms with Crippen molar-refractivity contribution in [1.82, 2.24) is 20.4 Å². The molecule has 2 amide bonds. The largest absolute Gasteiger partial charge is 0.364 e. The third-order valence-corrected chi connectivity index (χ3v) is 4.74. The van der Waals surface area contributed by atoms with Crippen molar-refractivity contribution in [2.45, 2.75) is 25.8 Å². The number of primary amides is 1. The van der Waals surface area contributed by atoms with Gasteiger partial charge in [-0.15, -0.1) is 0 Å². The number of carbonyl (C=O) groups is 2. The highest BCUT2D eigenvalue weighted by Gasteiger charge is 2.26. The molecule has 0 bridgehead atoms. The number of nitrogens with one attached hydrogen (secondary N) is 2. The van der Waals surface area contributed by atoms with E-state index in [-0.39, 0.29) is 21.6 Å². The summed E-state index contributed by atoms with van der Waals surface area (Å²) in [5.41, 5.74) is 6.68. The van der Waals surface area contributed by atoms with Crippen LogP contribution in [-0.4, -0.2) is 32.6 Å². The lowest BCUT2D eigenvalue weighted by Gasteiger charge is -2.08. The Morgan fingerprint density at radius 1 is 1.43 bits per heavy atom. The first kappa shape index (κ1) is 20.0.